The van der Waals surface area contributed by atoms with Crippen LogP contribution in [0.3, 0.4) is 0 Å². The minimum atomic E-state index is 0.337. The molecule has 0 saturated heterocycles. The normalized spacial score (nSPS) is 27.3. The fraction of sp³-hybridized carbons (Fsp3) is 0.647. The van der Waals surface area contributed by atoms with Gasteiger partial charge in [0.15, 0.2) is 11.5 Å². The van der Waals surface area contributed by atoms with E-state index in [1.54, 1.807) is 0 Å². The molecule has 0 aliphatic heterocycles. The molecule has 20 heavy (non-hydrogen) atoms. The second-order valence-electron chi connectivity index (χ2n) is 6.00. The molecule has 1 spiro atoms. The van der Waals surface area contributed by atoms with Gasteiger partial charge in [-0.2, -0.15) is 0 Å². The number of ether oxygens (including phenoxy) is 2. The van der Waals surface area contributed by atoms with Crippen molar-refractivity contribution in [2.45, 2.75) is 51.2 Å². The summed E-state index contributed by atoms with van der Waals surface area (Å²) in [5.74, 6) is 1.77. The Bertz CT molecular complexity index is 454. The Hall–Kier alpha value is -1.22. The molecule has 2 fully saturated rings. The third kappa shape index (κ3) is 2.18. The number of hydrogen-bond donors (Lipinski definition) is 1. The molecule has 3 heteroatoms. The Balaban J connectivity index is 1.75. The van der Waals surface area contributed by atoms with E-state index >= 15 is 0 Å². The molecule has 2 saturated carbocycles. The molecule has 2 unspecified atom stereocenters. The van der Waals surface area contributed by atoms with Crippen molar-refractivity contribution in [3.05, 3.63) is 24.3 Å². The summed E-state index contributed by atoms with van der Waals surface area (Å²) in [6.45, 7) is 2.69. The van der Waals surface area contributed by atoms with Crippen LogP contribution in [0.2, 0.25) is 0 Å². The minimum absolute atomic E-state index is 0.337. The zero-order valence-electron chi connectivity index (χ0n) is 12.5. The van der Waals surface area contributed by atoms with E-state index in [1.807, 2.05) is 31.2 Å². The Labute approximate surface area is 121 Å². The van der Waals surface area contributed by atoms with Gasteiger partial charge in [-0.15, -0.1) is 0 Å². The smallest absolute Gasteiger partial charge is 0.161 e. The predicted molar refractivity (Wildman–Crippen MR) is 80.4 cm³/mol. The molecule has 2 aliphatic carbocycles. The van der Waals surface area contributed by atoms with E-state index in [4.69, 9.17) is 9.47 Å². The Morgan fingerprint density at radius 2 is 1.90 bits per heavy atom. The molecule has 0 amide bonds. The molecule has 0 heterocycles. The topological polar surface area (TPSA) is 30.5 Å². The monoisotopic (exact) mass is 275 g/mol. The number of nitrogens with one attached hydrogen (secondary N) is 1. The van der Waals surface area contributed by atoms with Crippen molar-refractivity contribution in [3.8, 4) is 11.5 Å². The molecule has 3 nitrogen and oxygen atoms in total. The standard InChI is InChI=1S/C17H25NO2/c1-3-19-13-8-4-5-9-14(13)20-16-12-15(18-2)17(16)10-6-7-11-17/h4-5,8-9,15-16,18H,3,6-7,10-12H2,1-2H3. The van der Waals surface area contributed by atoms with Gasteiger partial charge < -0.3 is 14.8 Å². The first-order chi connectivity index (χ1) is 9.80. The van der Waals surface area contributed by atoms with Gasteiger partial charge in [0.1, 0.15) is 6.10 Å². The molecule has 0 aromatic heterocycles. The van der Waals surface area contributed by atoms with E-state index in [1.165, 1.54) is 25.7 Å². The summed E-state index contributed by atoms with van der Waals surface area (Å²) in [5, 5.41) is 3.48. The third-order valence-electron chi connectivity index (χ3n) is 5.09. The second-order valence-corrected chi connectivity index (χ2v) is 6.00. The number of para-hydroxylation sites is 2. The summed E-state index contributed by atoms with van der Waals surface area (Å²) in [6.07, 6.45) is 6.71. The van der Waals surface area contributed by atoms with Gasteiger partial charge in [0.05, 0.1) is 6.61 Å². The van der Waals surface area contributed by atoms with Crippen LogP contribution in [0.1, 0.15) is 39.0 Å². The molecule has 1 N–H and O–H groups in total. The lowest BCUT2D eigenvalue weighted by atomic mass is 9.60. The summed E-state index contributed by atoms with van der Waals surface area (Å²) in [4.78, 5) is 0. The van der Waals surface area contributed by atoms with Crippen molar-refractivity contribution in [1.29, 1.82) is 0 Å². The van der Waals surface area contributed by atoms with Crippen molar-refractivity contribution >= 4 is 0 Å². The fourth-order valence-electron chi connectivity index (χ4n) is 4.00. The van der Waals surface area contributed by atoms with Crippen molar-refractivity contribution < 1.29 is 9.47 Å². The van der Waals surface area contributed by atoms with Crippen LogP contribution in [0, 0.1) is 5.41 Å². The highest BCUT2D eigenvalue weighted by molar-refractivity contribution is 5.40. The van der Waals surface area contributed by atoms with Crippen LogP contribution in [0.25, 0.3) is 0 Å². The molecule has 110 valence electrons. The highest BCUT2D eigenvalue weighted by Crippen LogP contribution is 2.55. The maximum atomic E-state index is 6.34. The lowest BCUT2D eigenvalue weighted by Crippen LogP contribution is -2.63. The SMILES string of the molecule is CCOc1ccccc1OC1CC(NC)C12CCCC2. The molecule has 1 aromatic carbocycles. The van der Waals surface area contributed by atoms with Crippen LogP contribution < -0.4 is 14.8 Å². The summed E-state index contributed by atoms with van der Waals surface area (Å²) in [7, 11) is 2.08. The average molecular weight is 275 g/mol. The van der Waals surface area contributed by atoms with Crippen molar-refractivity contribution in [2.24, 2.45) is 5.41 Å². The lowest BCUT2D eigenvalue weighted by molar-refractivity contribution is -0.0745. The first-order valence-corrected chi connectivity index (χ1v) is 7.86. The highest BCUT2D eigenvalue weighted by Gasteiger charge is 2.57. The van der Waals surface area contributed by atoms with Crippen LogP contribution in [0.5, 0.6) is 11.5 Å². The summed E-state index contributed by atoms with van der Waals surface area (Å²) < 4.78 is 12.0. The zero-order chi connectivity index (χ0) is 14.0. The fourth-order valence-corrected chi connectivity index (χ4v) is 4.00. The first kappa shape index (κ1) is 13.7. The quantitative estimate of drug-likeness (QED) is 0.893. The molecule has 2 atom stereocenters. The Morgan fingerprint density at radius 3 is 2.55 bits per heavy atom. The van der Waals surface area contributed by atoms with Crippen LogP contribution in [-0.2, 0) is 0 Å². The number of benzene rings is 1. The van der Waals surface area contributed by atoms with Gasteiger partial charge in [0, 0.05) is 17.9 Å². The molecule has 0 radical (unpaired) electrons. The average Bonchev–Trinajstić information content (AvgIpc) is 2.97. The van der Waals surface area contributed by atoms with Crippen molar-refractivity contribution in [1.82, 2.24) is 5.32 Å². The van der Waals surface area contributed by atoms with Gasteiger partial charge in [0.25, 0.3) is 0 Å². The van der Waals surface area contributed by atoms with E-state index in [0.29, 0.717) is 24.2 Å². The first-order valence-electron chi connectivity index (χ1n) is 7.86. The second kappa shape index (κ2) is 5.65. The molecular weight excluding hydrogens is 250 g/mol. The van der Waals surface area contributed by atoms with Gasteiger partial charge in [-0.25, -0.2) is 0 Å². The van der Waals surface area contributed by atoms with E-state index in [2.05, 4.69) is 12.4 Å². The van der Waals surface area contributed by atoms with Gasteiger partial charge >= 0.3 is 0 Å². The van der Waals surface area contributed by atoms with Gasteiger partial charge in [0.2, 0.25) is 0 Å². The largest absolute Gasteiger partial charge is 0.490 e. The molecule has 2 aliphatic rings. The van der Waals surface area contributed by atoms with Crippen LogP contribution in [0.15, 0.2) is 24.3 Å². The lowest BCUT2D eigenvalue weighted by Gasteiger charge is -2.53. The van der Waals surface area contributed by atoms with E-state index in [-0.39, 0.29) is 0 Å². The molecule has 1 aromatic rings. The Kier molecular flexibility index (Phi) is 3.88. The van der Waals surface area contributed by atoms with Crippen LogP contribution in [-0.4, -0.2) is 25.8 Å². The molecule has 3 rings (SSSR count). The molecule has 0 bridgehead atoms. The summed E-state index contributed by atoms with van der Waals surface area (Å²) in [5.41, 5.74) is 0.355. The summed E-state index contributed by atoms with van der Waals surface area (Å²) >= 11 is 0. The highest BCUT2D eigenvalue weighted by atomic mass is 16.5. The maximum absolute atomic E-state index is 6.34. The van der Waals surface area contributed by atoms with E-state index < -0.39 is 0 Å². The maximum Gasteiger partial charge on any atom is 0.161 e. The summed E-state index contributed by atoms with van der Waals surface area (Å²) in [6, 6.07) is 8.66. The van der Waals surface area contributed by atoms with E-state index in [9.17, 15) is 0 Å². The third-order valence-corrected chi connectivity index (χ3v) is 5.09. The van der Waals surface area contributed by atoms with Gasteiger partial charge in [-0.1, -0.05) is 25.0 Å². The van der Waals surface area contributed by atoms with Gasteiger partial charge in [-0.3, -0.25) is 0 Å². The zero-order valence-corrected chi connectivity index (χ0v) is 12.5. The van der Waals surface area contributed by atoms with E-state index in [0.717, 1.165) is 17.9 Å². The minimum Gasteiger partial charge on any atom is -0.490 e. The molecular formula is C17H25NO2. The van der Waals surface area contributed by atoms with Crippen molar-refractivity contribution in [3.63, 3.8) is 0 Å². The predicted octanol–water partition coefficient (Wildman–Crippen LogP) is 3.38. The van der Waals surface area contributed by atoms with Crippen LogP contribution in [0.4, 0.5) is 0 Å². The Morgan fingerprint density at radius 1 is 1.20 bits per heavy atom. The number of rotatable bonds is 5. The number of hydrogen-bond acceptors (Lipinski definition) is 3. The van der Waals surface area contributed by atoms with Gasteiger partial charge in [-0.05, 0) is 38.9 Å². The van der Waals surface area contributed by atoms with Crippen LogP contribution >= 0.6 is 0 Å². The van der Waals surface area contributed by atoms with Crippen molar-refractivity contribution in [2.75, 3.05) is 13.7 Å².